The number of amides is 2. The zero-order valence-corrected chi connectivity index (χ0v) is 16.6. The van der Waals surface area contributed by atoms with Crippen molar-refractivity contribution >= 4 is 35.2 Å². The summed E-state index contributed by atoms with van der Waals surface area (Å²) in [6.07, 6.45) is 0.375. The SMILES string of the molecule is O=C(CCSc1ccc(F)cc1)N1CCN(C(=O)c2ccc(F)cc2Cl)CC1. The summed E-state index contributed by atoms with van der Waals surface area (Å²) < 4.78 is 26.0. The van der Waals surface area contributed by atoms with Crippen LogP contribution in [0, 0.1) is 11.6 Å². The quantitative estimate of drug-likeness (QED) is 0.679. The molecule has 2 aromatic carbocycles. The molecule has 0 aliphatic carbocycles. The first-order chi connectivity index (χ1) is 13.4. The molecule has 1 fully saturated rings. The van der Waals surface area contributed by atoms with Gasteiger partial charge >= 0.3 is 0 Å². The number of rotatable bonds is 5. The third kappa shape index (κ3) is 5.23. The summed E-state index contributed by atoms with van der Waals surface area (Å²) in [6.45, 7) is 1.71. The van der Waals surface area contributed by atoms with Gasteiger partial charge in [0.15, 0.2) is 0 Å². The van der Waals surface area contributed by atoms with Crippen LogP contribution in [-0.4, -0.2) is 53.5 Å². The predicted octanol–water partition coefficient (Wildman–Crippen LogP) is 4.09. The summed E-state index contributed by atoms with van der Waals surface area (Å²) >= 11 is 7.47. The molecule has 0 radical (unpaired) electrons. The van der Waals surface area contributed by atoms with Crippen LogP contribution in [0.2, 0.25) is 5.02 Å². The topological polar surface area (TPSA) is 40.6 Å². The molecule has 0 atom stereocenters. The molecule has 0 aromatic heterocycles. The lowest BCUT2D eigenvalue weighted by atomic mass is 10.1. The van der Waals surface area contributed by atoms with E-state index in [2.05, 4.69) is 0 Å². The van der Waals surface area contributed by atoms with Gasteiger partial charge in [-0.25, -0.2) is 8.78 Å². The lowest BCUT2D eigenvalue weighted by molar-refractivity contribution is -0.132. The van der Waals surface area contributed by atoms with Crippen LogP contribution in [0.25, 0.3) is 0 Å². The molecular formula is C20H19ClF2N2O2S. The Hall–Kier alpha value is -2.12. The zero-order valence-electron chi connectivity index (χ0n) is 15.0. The highest BCUT2D eigenvalue weighted by atomic mass is 35.5. The first-order valence-corrected chi connectivity index (χ1v) is 10.2. The van der Waals surface area contributed by atoms with Gasteiger partial charge in [-0.2, -0.15) is 0 Å². The molecule has 0 spiro atoms. The molecule has 0 saturated carbocycles. The van der Waals surface area contributed by atoms with E-state index in [1.165, 1.54) is 36.0 Å². The summed E-state index contributed by atoms with van der Waals surface area (Å²) in [5.41, 5.74) is 0.263. The number of hydrogen-bond acceptors (Lipinski definition) is 3. The smallest absolute Gasteiger partial charge is 0.255 e. The number of piperazine rings is 1. The van der Waals surface area contributed by atoms with E-state index in [0.717, 1.165) is 11.0 Å². The van der Waals surface area contributed by atoms with Gasteiger partial charge in [-0.1, -0.05) is 11.6 Å². The second kappa shape index (κ2) is 9.39. The fraction of sp³-hybridized carbons (Fsp3) is 0.300. The highest BCUT2D eigenvalue weighted by Gasteiger charge is 2.25. The van der Waals surface area contributed by atoms with Crippen molar-refractivity contribution in [3.05, 3.63) is 64.7 Å². The lowest BCUT2D eigenvalue weighted by Crippen LogP contribution is -2.50. The molecule has 28 heavy (non-hydrogen) atoms. The van der Waals surface area contributed by atoms with Gasteiger partial charge in [0, 0.05) is 43.2 Å². The first-order valence-electron chi connectivity index (χ1n) is 8.84. The number of nitrogens with zero attached hydrogens (tertiary/aromatic N) is 2. The molecule has 1 aliphatic heterocycles. The van der Waals surface area contributed by atoms with Crippen LogP contribution in [0.15, 0.2) is 47.4 Å². The van der Waals surface area contributed by atoms with E-state index in [1.807, 2.05) is 0 Å². The van der Waals surface area contributed by atoms with Gasteiger partial charge in [-0.15, -0.1) is 11.8 Å². The molecule has 8 heteroatoms. The van der Waals surface area contributed by atoms with Crippen molar-refractivity contribution in [2.24, 2.45) is 0 Å². The molecule has 0 unspecified atom stereocenters. The van der Waals surface area contributed by atoms with Crippen LogP contribution in [-0.2, 0) is 4.79 Å². The standard InChI is InChI=1S/C20H19ClF2N2O2S/c21-18-13-15(23)3-6-17(18)20(27)25-10-8-24(9-11-25)19(26)7-12-28-16-4-1-14(22)2-5-16/h1-6,13H,7-12H2. The number of halogens is 3. The number of thioether (sulfide) groups is 1. The van der Waals surface area contributed by atoms with Crippen LogP contribution in [0.1, 0.15) is 16.8 Å². The van der Waals surface area contributed by atoms with E-state index >= 15 is 0 Å². The molecule has 1 heterocycles. The van der Waals surface area contributed by atoms with Crippen LogP contribution in [0.5, 0.6) is 0 Å². The number of benzene rings is 2. The summed E-state index contributed by atoms with van der Waals surface area (Å²) in [5, 5.41) is 0.0846. The second-order valence-electron chi connectivity index (χ2n) is 6.35. The maximum Gasteiger partial charge on any atom is 0.255 e. The highest BCUT2D eigenvalue weighted by molar-refractivity contribution is 7.99. The largest absolute Gasteiger partial charge is 0.339 e. The van der Waals surface area contributed by atoms with Crippen LogP contribution in [0.3, 0.4) is 0 Å². The van der Waals surface area contributed by atoms with Crippen molar-refractivity contribution < 1.29 is 18.4 Å². The molecule has 1 aliphatic rings. The monoisotopic (exact) mass is 424 g/mol. The van der Waals surface area contributed by atoms with Crippen molar-refractivity contribution in [1.29, 1.82) is 0 Å². The number of hydrogen-bond donors (Lipinski definition) is 0. The molecule has 148 valence electrons. The Balaban J connectivity index is 1.45. The normalized spacial score (nSPS) is 14.2. The number of carbonyl (C=O) groups excluding carboxylic acids is 2. The molecule has 2 amide bonds. The van der Waals surface area contributed by atoms with Crippen molar-refractivity contribution in [3.8, 4) is 0 Å². The third-order valence-electron chi connectivity index (χ3n) is 4.48. The number of carbonyl (C=O) groups is 2. The fourth-order valence-electron chi connectivity index (χ4n) is 2.94. The average molecular weight is 425 g/mol. The van der Waals surface area contributed by atoms with Gasteiger partial charge < -0.3 is 9.80 Å². The molecule has 1 saturated heterocycles. The molecule has 0 bridgehead atoms. The minimum absolute atomic E-state index is 0.0292. The minimum atomic E-state index is -0.490. The van der Waals surface area contributed by atoms with E-state index in [1.54, 1.807) is 21.9 Å². The molecule has 3 rings (SSSR count). The van der Waals surface area contributed by atoms with Gasteiger partial charge in [0.25, 0.3) is 5.91 Å². The Kier molecular flexibility index (Phi) is 6.91. The van der Waals surface area contributed by atoms with Gasteiger partial charge in [-0.3, -0.25) is 9.59 Å². The van der Waals surface area contributed by atoms with E-state index in [0.29, 0.717) is 38.4 Å². The first kappa shape index (κ1) is 20.6. The van der Waals surface area contributed by atoms with Gasteiger partial charge in [-0.05, 0) is 42.5 Å². The summed E-state index contributed by atoms with van der Waals surface area (Å²) in [5.74, 6) is -0.398. The summed E-state index contributed by atoms with van der Waals surface area (Å²) in [6, 6.07) is 9.88. The fourth-order valence-corrected chi connectivity index (χ4v) is 4.03. The van der Waals surface area contributed by atoms with Crippen LogP contribution in [0.4, 0.5) is 8.78 Å². The van der Waals surface area contributed by atoms with Gasteiger partial charge in [0.05, 0.1) is 10.6 Å². The summed E-state index contributed by atoms with van der Waals surface area (Å²) in [7, 11) is 0. The minimum Gasteiger partial charge on any atom is -0.339 e. The Morgan fingerprint density at radius 1 is 0.929 bits per heavy atom. The molecule has 0 N–H and O–H groups in total. The maximum atomic E-state index is 13.1. The van der Waals surface area contributed by atoms with Crippen molar-refractivity contribution in [2.75, 3.05) is 31.9 Å². The van der Waals surface area contributed by atoms with Crippen LogP contribution >= 0.6 is 23.4 Å². The van der Waals surface area contributed by atoms with Crippen molar-refractivity contribution in [3.63, 3.8) is 0 Å². The van der Waals surface area contributed by atoms with E-state index < -0.39 is 5.82 Å². The van der Waals surface area contributed by atoms with Crippen molar-refractivity contribution in [2.45, 2.75) is 11.3 Å². The molecule has 2 aromatic rings. The third-order valence-corrected chi connectivity index (χ3v) is 5.81. The summed E-state index contributed by atoms with van der Waals surface area (Å²) in [4.78, 5) is 29.2. The van der Waals surface area contributed by atoms with E-state index in [4.69, 9.17) is 11.6 Å². The van der Waals surface area contributed by atoms with Crippen molar-refractivity contribution in [1.82, 2.24) is 9.80 Å². The molecular weight excluding hydrogens is 406 g/mol. The zero-order chi connectivity index (χ0) is 20.1. The Morgan fingerprint density at radius 3 is 2.18 bits per heavy atom. The van der Waals surface area contributed by atoms with E-state index in [9.17, 15) is 18.4 Å². The Morgan fingerprint density at radius 2 is 1.54 bits per heavy atom. The van der Waals surface area contributed by atoms with Gasteiger partial charge in [0.2, 0.25) is 5.91 Å². The Bertz CT molecular complexity index is 856. The van der Waals surface area contributed by atoms with E-state index in [-0.39, 0.29) is 28.2 Å². The molecule has 4 nitrogen and oxygen atoms in total. The van der Waals surface area contributed by atoms with Gasteiger partial charge in [0.1, 0.15) is 11.6 Å². The Labute approximate surface area is 171 Å². The highest BCUT2D eigenvalue weighted by Crippen LogP contribution is 2.21. The maximum absolute atomic E-state index is 13.1. The average Bonchev–Trinajstić information content (AvgIpc) is 2.69. The predicted molar refractivity (Wildman–Crippen MR) is 106 cm³/mol. The second-order valence-corrected chi connectivity index (χ2v) is 7.93. The van der Waals surface area contributed by atoms with Crippen LogP contribution < -0.4 is 0 Å². The lowest BCUT2D eigenvalue weighted by Gasteiger charge is -2.35.